The number of hydrogen-bond acceptors (Lipinski definition) is 5. The number of benzene rings is 2. The van der Waals surface area contributed by atoms with Crippen molar-refractivity contribution in [3.8, 4) is 5.69 Å². The molecule has 5 aromatic rings. The number of likely N-dealkylation sites (N-methyl/N-ethyl adjacent to an activating group) is 1. The predicted molar refractivity (Wildman–Crippen MR) is 173 cm³/mol. The Labute approximate surface area is 252 Å². The van der Waals surface area contributed by atoms with Crippen molar-refractivity contribution in [3.05, 3.63) is 102 Å². The van der Waals surface area contributed by atoms with Crippen LogP contribution in [0.15, 0.2) is 89.7 Å². The van der Waals surface area contributed by atoms with Gasteiger partial charge in [-0.1, -0.05) is 57.2 Å². The molecule has 2 N–H and O–H groups in total. The molecular formula is C35H38N6O2. The molecule has 43 heavy (non-hydrogen) atoms. The van der Waals surface area contributed by atoms with E-state index >= 15 is 0 Å². The van der Waals surface area contributed by atoms with Gasteiger partial charge in [0.25, 0.3) is 0 Å². The van der Waals surface area contributed by atoms with Crippen molar-refractivity contribution in [2.45, 2.75) is 58.4 Å². The van der Waals surface area contributed by atoms with Gasteiger partial charge >= 0.3 is 6.03 Å². The molecule has 3 aromatic heterocycles. The van der Waals surface area contributed by atoms with Gasteiger partial charge in [-0.2, -0.15) is 5.10 Å². The standard InChI is InChI=1S/C35H38N6O2/c1-23-15-16-26(22-37-23)41-32(21-31(38-41)35(2,3)4)40(34(36)42)30-18-17-27(28-12-6-7-13-29(28)30)24-10-8-11-25(20-24)39(5)33-14-9-19-43-33/h6-7,9,12-22,25H,8,10-11H2,1-5H3,(H2,36,42). The summed E-state index contributed by atoms with van der Waals surface area (Å²) in [6, 6.07) is 21.7. The summed E-state index contributed by atoms with van der Waals surface area (Å²) >= 11 is 0. The fraction of sp³-hybridized carbons (Fsp3) is 0.286. The van der Waals surface area contributed by atoms with Crippen LogP contribution in [-0.2, 0) is 5.41 Å². The van der Waals surface area contributed by atoms with Crippen molar-refractivity contribution < 1.29 is 9.21 Å². The lowest BCUT2D eigenvalue weighted by atomic mass is 9.87. The molecule has 220 valence electrons. The highest BCUT2D eigenvalue weighted by molar-refractivity contribution is 6.09. The van der Waals surface area contributed by atoms with Gasteiger partial charge < -0.3 is 15.1 Å². The van der Waals surface area contributed by atoms with Gasteiger partial charge in [0.15, 0.2) is 5.88 Å². The molecule has 3 heterocycles. The fourth-order valence-corrected chi connectivity index (χ4v) is 5.85. The molecule has 8 heteroatoms. The number of nitrogens with two attached hydrogens (primary N) is 1. The fourth-order valence-electron chi connectivity index (χ4n) is 5.85. The number of aromatic nitrogens is 3. The van der Waals surface area contributed by atoms with Crippen LogP contribution in [0.1, 0.15) is 57.0 Å². The van der Waals surface area contributed by atoms with Crippen molar-refractivity contribution >= 4 is 39.8 Å². The number of primary amides is 1. The zero-order valence-corrected chi connectivity index (χ0v) is 25.4. The van der Waals surface area contributed by atoms with Crippen LogP contribution in [0.4, 0.5) is 22.2 Å². The first-order chi connectivity index (χ1) is 20.6. The lowest BCUT2D eigenvalue weighted by Crippen LogP contribution is -2.33. The van der Waals surface area contributed by atoms with Crippen molar-refractivity contribution in [2.24, 2.45) is 5.73 Å². The Balaban J connectivity index is 1.48. The minimum absolute atomic E-state index is 0.226. The molecule has 0 saturated carbocycles. The van der Waals surface area contributed by atoms with Crippen molar-refractivity contribution in [1.29, 1.82) is 0 Å². The molecule has 0 radical (unpaired) electrons. The van der Waals surface area contributed by atoms with E-state index in [0.717, 1.165) is 58.6 Å². The number of fused-ring (bicyclic) bond motifs is 1. The number of carbonyl (C=O) groups is 1. The maximum absolute atomic E-state index is 13.3. The van der Waals surface area contributed by atoms with Crippen LogP contribution in [0, 0.1) is 6.92 Å². The van der Waals surface area contributed by atoms with Gasteiger partial charge in [0.1, 0.15) is 5.82 Å². The number of rotatable bonds is 6. The molecule has 1 atom stereocenters. The summed E-state index contributed by atoms with van der Waals surface area (Å²) in [5.74, 6) is 1.42. The van der Waals surface area contributed by atoms with Crippen molar-refractivity contribution in [3.63, 3.8) is 0 Å². The summed E-state index contributed by atoms with van der Waals surface area (Å²) < 4.78 is 7.44. The van der Waals surface area contributed by atoms with Crippen LogP contribution < -0.4 is 15.5 Å². The molecule has 6 rings (SSSR count). The third-order valence-corrected chi connectivity index (χ3v) is 8.23. The number of hydrogen-bond donors (Lipinski definition) is 1. The molecule has 0 aliphatic heterocycles. The van der Waals surface area contributed by atoms with E-state index in [-0.39, 0.29) is 11.5 Å². The molecule has 0 bridgehead atoms. The van der Waals surface area contributed by atoms with Crippen molar-refractivity contribution in [2.75, 3.05) is 16.8 Å². The van der Waals surface area contributed by atoms with E-state index in [1.807, 2.05) is 55.5 Å². The van der Waals surface area contributed by atoms with Crippen LogP contribution in [-0.4, -0.2) is 33.9 Å². The summed E-state index contributed by atoms with van der Waals surface area (Å²) in [5.41, 5.74) is 11.6. The Morgan fingerprint density at radius 1 is 1.05 bits per heavy atom. The Bertz CT molecular complexity index is 1790. The van der Waals surface area contributed by atoms with Crippen LogP contribution in [0.3, 0.4) is 0 Å². The number of carbonyl (C=O) groups excluding carboxylic acids is 1. The minimum Gasteiger partial charge on any atom is -0.449 e. The summed E-state index contributed by atoms with van der Waals surface area (Å²) in [6.45, 7) is 8.25. The molecule has 1 aliphatic rings. The first-order valence-electron chi connectivity index (χ1n) is 14.7. The summed E-state index contributed by atoms with van der Waals surface area (Å²) in [7, 11) is 2.08. The van der Waals surface area contributed by atoms with Crippen LogP contribution >= 0.6 is 0 Å². The highest BCUT2D eigenvalue weighted by Gasteiger charge is 2.28. The Hall–Kier alpha value is -4.85. The highest BCUT2D eigenvalue weighted by atomic mass is 16.3. The smallest absolute Gasteiger partial charge is 0.325 e. The van der Waals surface area contributed by atoms with E-state index in [1.165, 1.54) is 5.57 Å². The van der Waals surface area contributed by atoms with Gasteiger partial charge in [-0.25, -0.2) is 14.4 Å². The highest BCUT2D eigenvalue weighted by Crippen LogP contribution is 2.40. The van der Waals surface area contributed by atoms with Gasteiger partial charge in [0.2, 0.25) is 0 Å². The van der Waals surface area contributed by atoms with Crippen LogP contribution in [0.25, 0.3) is 22.0 Å². The molecule has 1 aliphatic carbocycles. The average Bonchev–Trinajstić information content (AvgIpc) is 3.69. The number of anilines is 3. The lowest BCUT2D eigenvalue weighted by molar-refractivity contribution is 0.256. The first-order valence-corrected chi connectivity index (χ1v) is 14.7. The maximum Gasteiger partial charge on any atom is 0.325 e. The Kier molecular flexibility index (Phi) is 7.30. The second-order valence-electron chi connectivity index (χ2n) is 12.3. The predicted octanol–water partition coefficient (Wildman–Crippen LogP) is 7.91. The average molecular weight is 575 g/mol. The second kappa shape index (κ2) is 11.1. The topological polar surface area (TPSA) is 93.4 Å². The zero-order chi connectivity index (χ0) is 30.3. The molecule has 0 spiro atoms. The normalized spacial score (nSPS) is 15.4. The minimum atomic E-state index is -0.586. The number of amides is 2. The van der Waals surface area contributed by atoms with E-state index in [9.17, 15) is 4.79 Å². The number of furan rings is 1. The van der Waals surface area contributed by atoms with E-state index in [4.69, 9.17) is 15.2 Å². The van der Waals surface area contributed by atoms with Crippen LogP contribution in [0.2, 0.25) is 0 Å². The second-order valence-corrected chi connectivity index (χ2v) is 12.3. The molecule has 0 fully saturated rings. The number of aryl methyl sites for hydroxylation is 1. The molecule has 8 nitrogen and oxygen atoms in total. The quantitative estimate of drug-likeness (QED) is 0.222. The molecule has 0 saturated heterocycles. The number of nitrogens with zero attached hydrogens (tertiary/aromatic N) is 5. The Morgan fingerprint density at radius 3 is 2.51 bits per heavy atom. The monoisotopic (exact) mass is 574 g/mol. The molecular weight excluding hydrogens is 536 g/mol. The van der Waals surface area contributed by atoms with Gasteiger partial charge in [0.05, 0.1) is 35.6 Å². The van der Waals surface area contributed by atoms with Crippen LogP contribution in [0.5, 0.6) is 0 Å². The van der Waals surface area contributed by atoms with Gasteiger partial charge in [0, 0.05) is 35.7 Å². The van der Waals surface area contributed by atoms with E-state index in [1.54, 1.807) is 22.0 Å². The number of urea groups is 1. The largest absolute Gasteiger partial charge is 0.449 e. The molecule has 2 amide bonds. The summed E-state index contributed by atoms with van der Waals surface area (Å²) in [4.78, 5) is 21.6. The van der Waals surface area contributed by atoms with E-state index in [0.29, 0.717) is 11.5 Å². The SMILES string of the molecule is Cc1ccc(-n2nc(C(C)(C)C)cc2N(C(N)=O)c2ccc(C3=CC(N(C)c4ccco4)CCC3)c3ccccc23)cn1. The summed E-state index contributed by atoms with van der Waals surface area (Å²) in [5, 5.41) is 6.94. The van der Waals surface area contributed by atoms with E-state index < -0.39 is 6.03 Å². The van der Waals surface area contributed by atoms with Gasteiger partial charge in [-0.15, -0.1) is 0 Å². The zero-order valence-electron chi connectivity index (χ0n) is 25.4. The lowest BCUT2D eigenvalue weighted by Gasteiger charge is -2.30. The third-order valence-electron chi connectivity index (χ3n) is 8.23. The van der Waals surface area contributed by atoms with Gasteiger partial charge in [-0.3, -0.25) is 4.98 Å². The number of allylic oxidation sites excluding steroid dienone is 1. The van der Waals surface area contributed by atoms with Gasteiger partial charge in [-0.05, 0) is 67.0 Å². The van der Waals surface area contributed by atoms with Crippen molar-refractivity contribution in [1.82, 2.24) is 14.8 Å². The number of pyridine rings is 1. The summed E-state index contributed by atoms with van der Waals surface area (Å²) in [6.07, 6.45) is 8.94. The first kappa shape index (κ1) is 28.3. The van der Waals surface area contributed by atoms with E-state index in [2.05, 4.69) is 62.0 Å². The molecule has 2 aromatic carbocycles. The maximum atomic E-state index is 13.3. The Morgan fingerprint density at radius 2 is 1.84 bits per heavy atom. The third kappa shape index (κ3) is 5.41. The molecule has 1 unspecified atom stereocenters.